The van der Waals surface area contributed by atoms with E-state index < -0.39 is 0 Å². The van der Waals surface area contributed by atoms with Crippen molar-refractivity contribution in [3.8, 4) is 0 Å². The molecule has 1 aromatic rings. The van der Waals surface area contributed by atoms with E-state index in [0.29, 0.717) is 5.95 Å². The van der Waals surface area contributed by atoms with Gasteiger partial charge in [0, 0.05) is 17.4 Å². The molecule has 2 rings (SSSR count). The summed E-state index contributed by atoms with van der Waals surface area (Å²) in [5.41, 5.74) is 7.27. The largest absolute Gasteiger partial charge is 0.327 e. The topological polar surface area (TPSA) is 80.9 Å². The number of nitrogens with one attached hydrogen (secondary N) is 1. The van der Waals surface area contributed by atoms with Crippen molar-refractivity contribution < 1.29 is 4.79 Å². The summed E-state index contributed by atoms with van der Waals surface area (Å²) in [6.45, 7) is 3.74. The summed E-state index contributed by atoms with van der Waals surface area (Å²) in [7, 11) is 0. The zero-order chi connectivity index (χ0) is 11.0. The number of nitrogens with zero attached hydrogens (tertiary/aromatic N) is 2. The SMILES string of the molecule is Cc1cc(C)nc(NC(=O)C2CC2N)n1. The van der Waals surface area contributed by atoms with Gasteiger partial charge in [0.25, 0.3) is 0 Å². The van der Waals surface area contributed by atoms with Crippen molar-refractivity contribution >= 4 is 11.9 Å². The molecule has 1 fully saturated rings. The number of aryl methyl sites for hydroxylation is 2. The van der Waals surface area contributed by atoms with Gasteiger partial charge in [-0.25, -0.2) is 9.97 Å². The van der Waals surface area contributed by atoms with Crippen LogP contribution in [0.15, 0.2) is 6.07 Å². The Bertz CT molecular complexity index is 384. The molecule has 1 saturated carbocycles. The molecule has 2 unspecified atom stereocenters. The number of anilines is 1. The van der Waals surface area contributed by atoms with Crippen LogP contribution in [0.25, 0.3) is 0 Å². The van der Waals surface area contributed by atoms with Crippen molar-refractivity contribution in [2.24, 2.45) is 11.7 Å². The van der Waals surface area contributed by atoms with Crippen molar-refractivity contribution in [3.05, 3.63) is 17.5 Å². The first-order valence-electron chi connectivity index (χ1n) is 4.95. The van der Waals surface area contributed by atoms with Gasteiger partial charge in [0.05, 0.1) is 5.92 Å². The normalized spacial score (nSPS) is 23.7. The van der Waals surface area contributed by atoms with E-state index in [2.05, 4.69) is 15.3 Å². The van der Waals surface area contributed by atoms with Crippen LogP contribution in [0.1, 0.15) is 17.8 Å². The first-order chi connectivity index (χ1) is 7.06. The van der Waals surface area contributed by atoms with Gasteiger partial charge in [-0.2, -0.15) is 0 Å². The summed E-state index contributed by atoms with van der Waals surface area (Å²) in [6.07, 6.45) is 0.761. The fourth-order valence-corrected chi connectivity index (χ4v) is 1.50. The Balaban J connectivity index is 2.07. The van der Waals surface area contributed by atoms with E-state index in [1.807, 2.05) is 19.9 Å². The van der Waals surface area contributed by atoms with E-state index in [9.17, 15) is 4.79 Å². The zero-order valence-electron chi connectivity index (χ0n) is 8.82. The maximum atomic E-state index is 11.5. The minimum absolute atomic E-state index is 0.0101. The lowest BCUT2D eigenvalue weighted by molar-refractivity contribution is -0.117. The maximum Gasteiger partial charge on any atom is 0.231 e. The highest BCUT2D eigenvalue weighted by molar-refractivity contribution is 5.93. The van der Waals surface area contributed by atoms with Gasteiger partial charge in [-0.05, 0) is 26.3 Å². The molecule has 2 atom stereocenters. The second-order valence-corrected chi connectivity index (χ2v) is 3.97. The smallest absolute Gasteiger partial charge is 0.231 e. The number of carbonyl (C=O) groups excluding carboxylic acids is 1. The molecule has 1 aromatic heterocycles. The number of carbonyl (C=O) groups is 1. The number of hydrogen-bond acceptors (Lipinski definition) is 4. The molecule has 0 aliphatic heterocycles. The predicted octanol–water partition coefficient (Wildman–Crippen LogP) is 0.379. The third-order valence-corrected chi connectivity index (χ3v) is 2.39. The van der Waals surface area contributed by atoms with Crippen LogP contribution in [0.4, 0.5) is 5.95 Å². The van der Waals surface area contributed by atoms with E-state index in [0.717, 1.165) is 17.8 Å². The first-order valence-corrected chi connectivity index (χ1v) is 4.95. The molecule has 1 aliphatic carbocycles. The number of amides is 1. The van der Waals surface area contributed by atoms with Crippen molar-refractivity contribution in [1.82, 2.24) is 9.97 Å². The molecule has 0 saturated heterocycles. The summed E-state index contributed by atoms with van der Waals surface area (Å²) in [6, 6.07) is 1.87. The molecule has 0 bridgehead atoms. The molecule has 80 valence electrons. The van der Waals surface area contributed by atoms with Gasteiger partial charge in [-0.15, -0.1) is 0 Å². The molecule has 0 spiro atoms. The molecule has 1 aliphatic rings. The van der Waals surface area contributed by atoms with Crippen LogP contribution < -0.4 is 11.1 Å². The highest BCUT2D eigenvalue weighted by atomic mass is 16.2. The molecular weight excluding hydrogens is 192 g/mol. The third kappa shape index (κ3) is 2.30. The summed E-state index contributed by atoms with van der Waals surface area (Å²) in [4.78, 5) is 19.8. The number of rotatable bonds is 2. The van der Waals surface area contributed by atoms with Crippen molar-refractivity contribution in [1.29, 1.82) is 0 Å². The van der Waals surface area contributed by atoms with E-state index >= 15 is 0 Å². The molecule has 1 amide bonds. The Labute approximate surface area is 88.1 Å². The van der Waals surface area contributed by atoms with Crippen LogP contribution >= 0.6 is 0 Å². The van der Waals surface area contributed by atoms with Crippen LogP contribution in [0.5, 0.6) is 0 Å². The maximum absolute atomic E-state index is 11.5. The van der Waals surface area contributed by atoms with Gasteiger partial charge in [-0.1, -0.05) is 0 Å². The van der Waals surface area contributed by atoms with Gasteiger partial charge in [0.1, 0.15) is 0 Å². The van der Waals surface area contributed by atoms with Crippen LogP contribution in [-0.2, 0) is 4.79 Å². The van der Waals surface area contributed by atoms with Crippen LogP contribution in [0.2, 0.25) is 0 Å². The zero-order valence-corrected chi connectivity index (χ0v) is 8.82. The monoisotopic (exact) mass is 206 g/mol. The Kier molecular flexibility index (Phi) is 2.40. The molecule has 5 nitrogen and oxygen atoms in total. The first kappa shape index (κ1) is 10.0. The predicted molar refractivity (Wildman–Crippen MR) is 56.2 cm³/mol. The standard InChI is InChI=1S/C10H14N4O/c1-5-3-6(2)13-10(12-5)14-9(15)7-4-8(7)11/h3,7-8H,4,11H2,1-2H3,(H,12,13,14,15). The molecule has 0 radical (unpaired) electrons. The van der Waals surface area contributed by atoms with Gasteiger partial charge in [0.2, 0.25) is 11.9 Å². The average Bonchev–Trinajstić information content (AvgIpc) is 2.80. The molecular formula is C10H14N4O. The molecule has 15 heavy (non-hydrogen) atoms. The van der Waals surface area contributed by atoms with Crippen LogP contribution in [-0.4, -0.2) is 21.9 Å². The van der Waals surface area contributed by atoms with E-state index in [-0.39, 0.29) is 17.9 Å². The number of nitrogens with two attached hydrogens (primary N) is 1. The second-order valence-electron chi connectivity index (χ2n) is 3.97. The summed E-state index contributed by atoms with van der Waals surface area (Å²) in [5, 5.41) is 2.67. The fourth-order valence-electron chi connectivity index (χ4n) is 1.50. The van der Waals surface area contributed by atoms with E-state index in [4.69, 9.17) is 5.73 Å². The van der Waals surface area contributed by atoms with Crippen molar-refractivity contribution in [3.63, 3.8) is 0 Å². The van der Waals surface area contributed by atoms with Gasteiger partial charge >= 0.3 is 0 Å². The van der Waals surface area contributed by atoms with Gasteiger partial charge in [-0.3, -0.25) is 10.1 Å². The molecule has 0 aromatic carbocycles. The summed E-state index contributed by atoms with van der Waals surface area (Å²) in [5.74, 6) is 0.235. The van der Waals surface area contributed by atoms with Crippen molar-refractivity contribution in [2.45, 2.75) is 26.3 Å². The van der Waals surface area contributed by atoms with Gasteiger partial charge in [0.15, 0.2) is 0 Å². The third-order valence-electron chi connectivity index (χ3n) is 2.39. The number of hydrogen-bond donors (Lipinski definition) is 2. The lowest BCUT2D eigenvalue weighted by Gasteiger charge is -2.04. The van der Waals surface area contributed by atoms with Crippen molar-refractivity contribution in [2.75, 3.05) is 5.32 Å². The molecule has 1 heterocycles. The molecule has 5 heteroatoms. The lowest BCUT2D eigenvalue weighted by Crippen LogP contribution is -2.20. The number of aromatic nitrogens is 2. The quantitative estimate of drug-likeness (QED) is 0.733. The van der Waals surface area contributed by atoms with E-state index in [1.165, 1.54) is 0 Å². The van der Waals surface area contributed by atoms with Gasteiger partial charge < -0.3 is 5.73 Å². The highest BCUT2D eigenvalue weighted by Gasteiger charge is 2.40. The Morgan fingerprint density at radius 1 is 1.47 bits per heavy atom. The minimum atomic E-state index is -0.0764. The summed E-state index contributed by atoms with van der Waals surface area (Å²) >= 11 is 0. The Hall–Kier alpha value is -1.49. The molecule has 3 N–H and O–H groups in total. The lowest BCUT2D eigenvalue weighted by atomic mass is 10.3. The Morgan fingerprint density at radius 2 is 2.00 bits per heavy atom. The average molecular weight is 206 g/mol. The Morgan fingerprint density at radius 3 is 2.47 bits per heavy atom. The summed E-state index contributed by atoms with van der Waals surface area (Å²) < 4.78 is 0. The fraction of sp³-hybridized carbons (Fsp3) is 0.500. The second kappa shape index (κ2) is 3.58. The van der Waals surface area contributed by atoms with Crippen LogP contribution in [0, 0.1) is 19.8 Å². The minimum Gasteiger partial charge on any atom is -0.327 e. The highest BCUT2D eigenvalue weighted by Crippen LogP contribution is 2.28. The van der Waals surface area contributed by atoms with Crippen LogP contribution in [0.3, 0.4) is 0 Å². The van der Waals surface area contributed by atoms with E-state index in [1.54, 1.807) is 0 Å².